The Morgan fingerprint density at radius 1 is 1.47 bits per heavy atom. The van der Waals surface area contributed by atoms with Crippen molar-refractivity contribution in [3.05, 3.63) is 23.2 Å². The minimum atomic E-state index is 0.528. The van der Waals surface area contributed by atoms with E-state index in [2.05, 4.69) is 17.2 Å². The predicted octanol–water partition coefficient (Wildman–Crippen LogP) is 4.55. The van der Waals surface area contributed by atoms with Crippen molar-refractivity contribution >= 4 is 38.3 Å². The molecule has 1 aromatic carbocycles. The third kappa shape index (κ3) is 2.26. The maximum Gasteiger partial charge on any atom is 0.184 e. The van der Waals surface area contributed by atoms with Gasteiger partial charge in [-0.1, -0.05) is 29.4 Å². The van der Waals surface area contributed by atoms with E-state index < -0.39 is 0 Å². The van der Waals surface area contributed by atoms with Gasteiger partial charge in [-0.25, -0.2) is 4.98 Å². The second kappa shape index (κ2) is 4.46. The Balaban J connectivity index is 1.80. The zero-order chi connectivity index (χ0) is 11.8. The van der Waals surface area contributed by atoms with Crippen LogP contribution in [0.3, 0.4) is 0 Å². The SMILES string of the molecule is CC(Nc1nc2cc(Cl)ccc2s1)C1CCC1. The summed E-state index contributed by atoms with van der Waals surface area (Å²) < 4.78 is 1.19. The van der Waals surface area contributed by atoms with E-state index in [1.807, 2.05) is 18.2 Å². The van der Waals surface area contributed by atoms with E-state index in [-0.39, 0.29) is 0 Å². The lowest BCUT2D eigenvalue weighted by Gasteiger charge is -2.31. The normalized spacial score (nSPS) is 18.0. The number of benzene rings is 1. The summed E-state index contributed by atoms with van der Waals surface area (Å²) in [4.78, 5) is 4.58. The Kier molecular flexibility index (Phi) is 2.97. The van der Waals surface area contributed by atoms with Gasteiger partial charge in [0.15, 0.2) is 5.13 Å². The van der Waals surface area contributed by atoms with E-state index in [9.17, 15) is 0 Å². The van der Waals surface area contributed by atoms with Gasteiger partial charge < -0.3 is 5.32 Å². The fourth-order valence-corrected chi connectivity index (χ4v) is 3.32. The molecule has 1 N–H and O–H groups in total. The number of hydrogen-bond acceptors (Lipinski definition) is 3. The molecule has 1 saturated carbocycles. The molecule has 1 aliphatic carbocycles. The van der Waals surface area contributed by atoms with E-state index in [0.29, 0.717) is 6.04 Å². The van der Waals surface area contributed by atoms with Gasteiger partial charge in [-0.15, -0.1) is 0 Å². The summed E-state index contributed by atoms with van der Waals surface area (Å²) in [5.41, 5.74) is 0.991. The van der Waals surface area contributed by atoms with Crippen LogP contribution < -0.4 is 5.32 Å². The van der Waals surface area contributed by atoms with Crippen LogP contribution in [0, 0.1) is 5.92 Å². The van der Waals surface area contributed by atoms with Crippen LogP contribution in [0.2, 0.25) is 5.02 Å². The average molecular weight is 267 g/mol. The first-order valence-electron chi connectivity index (χ1n) is 6.05. The number of nitrogens with zero attached hydrogens (tertiary/aromatic N) is 1. The highest BCUT2D eigenvalue weighted by Gasteiger charge is 2.24. The van der Waals surface area contributed by atoms with Crippen molar-refractivity contribution in [2.45, 2.75) is 32.2 Å². The Morgan fingerprint density at radius 2 is 2.29 bits per heavy atom. The predicted molar refractivity (Wildman–Crippen MR) is 75.1 cm³/mol. The molecule has 1 fully saturated rings. The number of fused-ring (bicyclic) bond motifs is 1. The minimum Gasteiger partial charge on any atom is -0.359 e. The van der Waals surface area contributed by atoms with Crippen LogP contribution in [0.1, 0.15) is 26.2 Å². The smallest absolute Gasteiger partial charge is 0.184 e. The molecule has 0 aliphatic heterocycles. The molecule has 0 spiro atoms. The van der Waals surface area contributed by atoms with E-state index >= 15 is 0 Å². The summed E-state index contributed by atoms with van der Waals surface area (Å²) in [6.07, 6.45) is 4.09. The third-order valence-corrected chi connectivity index (χ3v) is 4.76. The van der Waals surface area contributed by atoms with Gasteiger partial charge >= 0.3 is 0 Å². The van der Waals surface area contributed by atoms with Crippen LogP contribution in [0.25, 0.3) is 10.2 Å². The van der Waals surface area contributed by atoms with Crippen LogP contribution in [0.15, 0.2) is 18.2 Å². The number of anilines is 1. The molecule has 0 amide bonds. The number of halogens is 1. The summed E-state index contributed by atoms with van der Waals surface area (Å²) in [6.45, 7) is 2.25. The van der Waals surface area contributed by atoms with Crippen molar-refractivity contribution in [2.24, 2.45) is 5.92 Å². The van der Waals surface area contributed by atoms with Gasteiger partial charge in [-0.3, -0.25) is 0 Å². The number of aromatic nitrogens is 1. The second-order valence-electron chi connectivity index (χ2n) is 4.76. The molecule has 1 atom stereocenters. The number of hydrogen-bond donors (Lipinski definition) is 1. The van der Waals surface area contributed by atoms with Gasteiger partial charge in [0.05, 0.1) is 10.2 Å². The zero-order valence-electron chi connectivity index (χ0n) is 9.74. The fraction of sp³-hybridized carbons (Fsp3) is 0.462. The van der Waals surface area contributed by atoms with Gasteiger partial charge in [0.25, 0.3) is 0 Å². The quantitative estimate of drug-likeness (QED) is 0.882. The number of thiazole rings is 1. The van der Waals surface area contributed by atoms with E-state index in [1.54, 1.807) is 11.3 Å². The highest BCUT2D eigenvalue weighted by molar-refractivity contribution is 7.22. The van der Waals surface area contributed by atoms with Crippen molar-refractivity contribution < 1.29 is 0 Å². The van der Waals surface area contributed by atoms with Crippen molar-refractivity contribution in [3.8, 4) is 0 Å². The molecule has 1 heterocycles. The topological polar surface area (TPSA) is 24.9 Å². The molecule has 90 valence electrons. The summed E-state index contributed by atoms with van der Waals surface area (Å²) in [6, 6.07) is 6.40. The molecule has 1 aromatic heterocycles. The molecule has 2 aromatic rings. The first-order valence-corrected chi connectivity index (χ1v) is 7.24. The molecular formula is C13H15ClN2S. The molecule has 2 nitrogen and oxygen atoms in total. The summed E-state index contributed by atoms with van der Waals surface area (Å²) in [5, 5.41) is 5.28. The molecule has 3 rings (SSSR count). The maximum atomic E-state index is 5.96. The van der Waals surface area contributed by atoms with Gasteiger partial charge in [0.1, 0.15) is 0 Å². The summed E-state index contributed by atoms with van der Waals surface area (Å²) in [7, 11) is 0. The minimum absolute atomic E-state index is 0.528. The average Bonchev–Trinajstić information content (AvgIpc) is 2.55. The lowest BCUT2D eigenvalue weighted by atomic mass is 9.80. The lowest BCUT2D eigenvalue weighted by Crippen LogP contribution is -2.30. The Hall–Kier alpha value is -0.800. The van der Waals surface area contributed by atoms with Crippen LogP contribution in [0.4, 0.5) is 5.13 Å². The highest BCUT2D eigenvalue weighted by Crippen LogP contribution is 2.33. The Bertz CT molecular complexity index is 533. The molecule has 0 radical (unpaired) electrons. The zero-order valence-corrected chi connectivity index (χ0v) is 11.3. The highest BCUT2D eigenvalue weighted by atomic mass is 35.5. The summed E-state index contributed by atoms with van der Waals surface area (Å²) >= 11 is 7.67. The lowest BCUT2D eigenvalue weighted by molar-refractivity contribution is 0.285. The van der Waals surface area contributed by atoms with Crippen LogP contribution >= 0.6 is 22.9 Å². The van der Waals surface area contributed by atoms with Gasteiger partial charge in [-0.2, -0.15) is 0 Å². The third-order valence-electron chi connectivity index (χ3n) is 3.56. The van der Waals surface area contributed by atoms with Crippen molar-refractivity contribution in [1.29, 1.82) is 0 Å². The monoisotopic (exact) mass is 266 g/mol. The van der Waals surface area contributed by atoms with E-state index in [1.165, 1.54) is 24.0 Å². The fourth-order valence-electron chi connectivity index (χ4n) is 2.21. The first-order chi connectivity index (χ1) is 8.22. The van der Waals surface area contributed by atoms with Gasteiger partial charge in [0, 0.05) is 11.1 Å². The van der Waals surface area contributed by atoms with Crippen molar-refractivity contribution in [2.75, 3.05) is 5.32 Å². The van der Waals surface area contributed by atoms with E-state index in [4.69, 9.17) is 11.6 Å². The largest absolute Gasteiger partial charge is 0.359 e. The molecule has 1 aliphatic rings. The van der Waals surface area contributed by atoms with E-state index in [0.717, 1.165) is 21.6 Å². The Labute approximate surface area is 110 Å². The molecular weight excluding hydrogens is 252 g/mol. The van der Waals surface area contributed by atoms with Crippen LogP contribution in [-0.4, -0.2) is 11.0 Å². The first kappa shape index (κ1) is 11.3. The standard InChI is InChI=1S/C13H15ClN2S/c1-8(9-3-2-4-9)15-13-16-11-7-10(14)5-6-12(11)17-13/h5-9H,2-4H2,1H3,(H,15,16). The van der Waals surface area contributed by atoms with Crippen molar-refractivity contribution in [1.82, 2.24) is 4.98 Å². The van der Waals surface area contributed by atoms with Crippen LogP contribution in [-0.2, 0) is 0 Å². The molecule has 0 bridgehead atoms. The molecule has 17 heavy (non-hydrogen) atoms. The summed E-state index contributed by atoms with van der Waals surface area (Å²) in [5.74, 6) is 0.825. The number of rotatable bonds is 3. The van der Waals surface area contributed by atoms with Gasteiger partial charge in [-0.05, 0) is 43.9 Å². The number of nitrogens with one attached hydrogen (secondary N) is 1. The molecule has 0 saturated heterocycles. The Morgan fingerprint density at radius 3 is 3.00 bits per heavy atom. The van der Waals surface area contributed by atoms with Gasteiger partial charge in [0.2, 0.25) is 0 Å². The maximum absolute atomic E-state index is 5.96. The second-order valence-corrected chi connectivity index (χ2v) is 6.22. The molecule has 1 unspecified atom stereocenters. The van der Waals surface area contributed by atoms with Crippen LogP contribution in [0.5, 0.6) is 0 Å². The van der Waals surface area contributed by atoms with Crippen molar-refractivity contribution in [3.63, 3.8) is 0 Å². The molecule has 4 heteroatoms.